The Labute approximate surface area is 147 Å². The van der Waals surface area contributed by atoms with Crippen LogP contribution in [-0.4, -0.2) is 16.0 Å². The first kappa shape index (κ1) is 17.2. The number of aromatic nitrogens is 1. The molecule has 3 rings (SSSR count). The second-order valence-electron chi connectivity index (χ2n) is 5.46. The van der Waals surface area contributed by atoms with Gasteiger partial charge in [-0.15, -0.1) is 0 Å². The summed E-state index contributed by atoms with van der Waals surface area (Å²) in [5.74, 6) is 1.08. The Bertz CT molecular complexity index is 922. The lowest BCUT2D eigenvalue weighted by atomic mass is 10.3. The van der Waals surface area contributed by atoms with Gasteiger partial charge in [0, 0.05) is 12.1 Å². The number of rotatable bonds is 6. The number of nitrogens with zero attached hydrogens (tertiary/aromatic N) is 2. The molecule has 26 heavy (non-hydrogen) atoms. The van der Waals surface area contributed by atoms with E-state index >= 15 is 0 Å². The van der Waals surface area contributed by atoms with Gasteiger partial charge in [0.15, 0.2) is 11.5 Å². The van der Waals surface area contributed by atoms with Crippen LogP contribution in [0.1, 0.15) is 27.8 Å². The van der Waals surface area contributed by atoms with Gasteiger partial charge in [0.2, 0.25) is 0 Å². The van der Waals surface area contributed by atoms with Crippen molar-refractivity contribution in [3.8, 4) is 5.75 Å². The molecular formula is C17H15N3O6. The van der Waals surface area contributed by atoms with Crippen LogP contribution in [0.5, 0.6) is 5.75 Å². The molecule has 0 saturated heterocycles. The van der Waals surface area contributed by atoms with E-state index in [9.17, 15) is 14.9 Å². The lowest BCUT2D eigenvalue weighted by Gasteiger charge is -2.04. The third-order valence-corrected chi connectivity index (χ3v) is 3.59. The molecule has 0 bridgehead atoms. The number of nitro benzene ring substituents is 1. The molecule has 2 aromatic heterocycles. The summed E-state index contributed by atoms with van der Waals surface area (Å²) in [4.78, 5) is 22.4. The average molecular weight is 357 g/mol. The summed E-state index contributed by atoms with van der Waals surface area (Å²) >= 11 is 0. The quantitative estimate of drug-likeness (QED) is 0.528. The minimum absolute atomic E-state index is 0.0198. The van der Waals surface area contributed by atoms with Gasteiger partial charge in [0.05, 0.1) is 4.92 Å². The zero-order valence-corrected chi connectivity index (χ0v) is 14.0. The summed E-state index contributed by atoms with van der Waals surface area (Å²) in [7, 11) is 0. The molecule has 1 N–H and O–H groups in total. The molecule has 0 radical (unpaired) electrons. The van der Waals surface area contributed by atoms with Gasteiger partial charge < -0.3 is 19.0 Å². The van der Waals surface area contributed by atoms with Crippen LogP contribution in [0.4, 0.5) is 11.4 Å². The Hall–Kier alpha value is -3.62. The molecule has 0 fully saturated rings. The maximum atomic E-state index is 12.2. The zero-order chi connectivity index (χ0) is 18.7. The Kier molecular flexibility index (Phi) is 4.70. The van der Waals surface area contributed by atoms with Crippen molar-refractivity contribution in [1.29, 1.82) is 0 Å². The number of ether oxygens (including phenoxy) is 1. The maximum Gasteiger partial charge on any atom is 0.291 e. The second kappa shape index (κ2) is 7.09. The second-order valence-corrected chi connectivity index (χ2v) is 5.46. The highest BCUT2D eigenvalue weighted by Crippen LogP contribution is 2.21. The largest absolute Gasteiger partial charge is 0.486 e. The number of nitrogens with one attached hydrogen (secondary N) is 1. The fourth-order valence-electron chi connectivity index (χ4n) is 2.23. The topological polar surface area (TPSA) is 121 Å². The first-order valence-electron chi connectivity index (χ1n) is 7.64. The van der Waals surface area contributed by atoms with Crippen molar-refractivity contribution in [3.05, 3.63) is 69.5 Å². The van der Waals surface area contributed by atoms with Crippen molar-refractivity contribution in [2.75, 3.05) is 5.32 Å². The number of hydrogen-bond donors (Lipinski definition) is 1. The fraction of sp³-hybridized carbons (Fsp3) is 0.176. The Morgan fingerprint density at radius 1 is 1.23 bits per heavy atom. The molecule has 9 nitrogen and oxygen atoms in total. The molecule has 0 aliphatic carbocycles. The van der Waals surface area contributed by atoms with E-state index in [2.05, 4.69) is 10.5 Å². The molecule has 0 unspecified atom stereocenters. The van der Waals surface area contributed by atoms with E-state index in [4.69, 9.17) is 13.7 Å². The number of benzene rings is 1. The summed E-state index contributed by atoms with van der Waals surface area (Å²) in [6, 6.07) is 8.83. The third-order valence-electron chi connectivity index (χ3n) is 3.59. The SMILES string of the molecule is Cc1noc(C)c1NC(=O)c1ccc(COc2ccc([N+](=O)[O-])cc2)o1. The predicted molar refractivity (Wildman–Crippen MR) is 90.1 cm³/mol. The number of hydrogen-bond acceptors (Lipinski definition) is 7. The van der Waals surface area contributed by atoms with Gasteiger partial charge in [-0.1, -0.05) is 5.16 Å². The average Bonchev–Trinajstić information content (AvgIpc) is 3.22. The van der Waals surface area contributed by atoms with Crippen molar-refractivity contribution >= 4 is 17.3 Å². The summed E-state index contributed by atoms with van der Waals surface area (Å²) in [6.07, 6.45) is 0. The van der Waals surface area contributed by atoms with Crippen LogP contribution in [0.2, 0.25) is 0 Å². The van der Waals surface area contributed by atoms with E-state index in [1.807, 2.05) is 0 Å². The summed E-state index contributed by atoms with van der Waals surface area (Å²) in [5.41, 5.74) is 1.06. The zero-order valence-electron chi connectivity index (χ0n) is 14.0. The predicted octanol–water partition coefficient (Wildman–Crippen LogP) is 3.62. The van der Waals surface area contributed by atoms with Crippen molar-refractivity contribution in [3.63, 3.8) is 0 Å². The Balaban J connectivity index is 1.60. The number of nitro groups is 1. The van der Waals surface area contributed by atoms with Crippen LogP contribution in [0.25, 0.3) is 0 Å². The highest BCUT2D eigenvalue weighted by atomic mass is 16.6. The van der Waals surface area contributed by atoms with Gasteiger partial charge in [-0.05, 0) is 38.1 Å². The lowest BCUT2D eigenvalue weighted by molar-refractivity contribution is -0.384. The van der Waals surface area contributed by atoms with Gasteiger partial charge in [0.1, 0.15) is 29.5 Å². The van der Waals surface area contributed by atoms with E-state index in [0.29, 0.717) is 28.7 Å². The van der Waals surface area contributed by atoms with Crippen LogP contribution in [0.3, 0.4) is 0 Å². The van der Waals surface area contributed by atoms with Crippen molar-refractivity contribution in [2.45, 2.75) is 20.5 Å². The summed E-state index contributed by atoms with van der Waals surface area (Å²) in [5, 5.41) is 17.1. The van der Waals surface area contributed by atoms with E-state index in [1.165, 1.54) is 30.3 Å². The highest BCUT2D eigenvalue weighted by molar-refractivity contribution is 6.02. The van der Waals surface area contributed by atoms with Crippen LogP contribution in [0, 0.1) is 24.0 Å². The van der Waals surface area contributed by atoms with Crippen molar-refractivity contribution in [1.82, 2.24) is 5.16 Å². The molecule has 0 aliphatic rings. The highest BCUT2D eigenvalue weighted by Gasteiger charge is 2.17. The summed E-state index contributed by atoms with van der Waals surface area (Å²) in [6.45, 7) is 3.50. The molecule has 0 aliphatic heterocycles. The number of anilines is 1. The van der Waals surface area contributed by atoms with Gasteiger partial charge in [0.25, 0.3) is 11.6 Å². The molecule has 1 aromatic carbocycles. The van der Waals surface area contributed by atoms with Gasteiger partial charge in [-0.2, -0.15) is 0 Å². The van der Waals surface area contributed by atoms with E-state index in [0.717, 1.165) is 0 Å². The molecule has 0 saturated carbocycles. The van der Waals surface area contributed by atoms with Crippen LogP contribution >= 0.6 is 0 Å². The smallest absolute Gasteiger partial charge is 0.291 e. The Morgan fingerprint density at radius 3 is 2.58 bits per heavy atom. The number of carbonyl (C=O) groups excluding carboxylic acids is 1. The first-order valence-corrected chi connectivity index (χ1v) is 7.64. The lowest BCUT2D eigenvalue weighted by Crippen LogP contribution is -2.12. The Morgan fingerprint density at radius 2 is 1.96 bits per heavy atom. The van der Waals surface area contributed by atoms with E-state index in [-0.39, 0.29) is 18.1 Å². The van der Waals surface area contributed by atoms with E-state index < -0.39 is 10.8 Å². The molecule has 0 atom stereocenters. The number of amides is 1. The van der Waals surface area contributed by atoms with Gasteiger partial charge in [-0.3, -0.25) is 14.9 Å². The monoisotopic (exact) mass is 357 g/mol. The van der Waals surface area contributed by atoms with Gasteiger partial charge >= 0.3 is 0 Å². The van der Waals surface area contributed by atoms with Crippen molar-refractivity contribution in [2.24, 2.45) is 0 Å². The molecule has 134 valence electrons. The first-order chi connectivity index (χ1) is 12.4. The third kappa shape index (κ3) is 3.72. The molecule has 1 amide bonds. The number of furan rings is 1. The normalized spacial score (nSPS) is 10.5. The fourth-order valence-corrected chi connectivity index (χ4v) is 2.23. The summed E-state index contributed by atoms with van der Waals surface area (Å²) < 4.78 is 15.9. The minimum Gasteiger partial charge on any atom is -0.486 e. The van der Waals surface area contributed by atoms with Crippen LogP contribution < -0.4 is 10.1 Å². The number of carbonyl (C=O) groups is 1. The van der Waals surface area contributed by atoms with E-state index in [1.54, 1.807) is 19.9 Å². The molecule has 2 heterocycles. The molecular weight excluding hydrogens is 342 g/mol. The van der Waals surface area contributed by atoms with Crippen LogP contribution in [-0.2, 0) is 6.61 Å². The van der Waals surface area contributed by atoms with Gasteiger partial charge in [-0.25, -0.2) is 0 Å². The molecule has 0 spiro atoms. The van der Waals surface area contributed by atoms with Crippen LogP contribution in [0.15, 0.2) is 45.3 Å². The van der Waals surface area contributed by atoms with Crippen molar-refractivity contribution < 1.29 is 23.4 Å². The standard InChI is InChI=1S/C17H15N3O6/c1-10-16(11(2)26-19-10)18-17(21)15-8-7-14(25-15)9-24-13-5-3-12(4-6-13)20(22)23/h3-8H,9H2,1-2H3,(H,18,21). The molecule has 9 heteroatoms. The number of aryl methyl sites for hydroxylation is 2. The number of non-ortho nitro benzene ring substituents is 1. The minimum atomic E-state index is -0.486. The molecule has 3 aromatic rings. The maximum absolute atomic E-state index is 12.2.